The van der Waals surface area contributed by atoms with Crippen molar-refractivity contribution in [3.05, 3.63) is 45.6 Å². The number of fused-ring (bicyclic) bond motifs is 3. The second kappa shape index (κ2) is 8.65. The minimum Gasteiger partial charge on any atom is -0.504 e. The topological polar surface area (TPSA) is 94.1 Å². The number of ether oxygens (including phenoxy) is 3. The summed E-state index contributed by atoms with van der Waals surface area (Å²) < 4.78 is 15.7. The number of carbonyl (C=O) groups excluding carboxylic acids is 1. The van der Waals surface area contributed by atoms with Gasteiger partial charge in [0.05, 0.1) is 32.3 Å². The van der Waals surface area contributed by atoms with E-state index in [4.69, 9.17) is 14.2 Å². The zero-order valence-corrected chi connectivity index (χ0v) is 17.5. The second-order valence-corrected chi connectivity index (χ2v) is 7.35. The molecule has 8 heteroatoms. The molecule has 0 bridgehead atoms. The van der Waals surface area contributed by atoms with Crippen LogP contribution in [0.25, 0.3) is 11.1 Å². The van der Waals surface area contributed by atoms with Crippen molar-refractivity contribution in [2.24, 2.45) is 0 Å². The van der Waals surface area contributed by atoms with Crippen LogP contribution in [-0.2, 0) is 11.2 Å². The molecule has 29 heavy (non-hydrogen) atoms. The Hall–Kier alpha value is -2.87. The van der Waals surface area contributed by atoms with Gasteiger partial charge < -0.3 is 24.6 Å². The number of amides is 1. The molecule has 1 atom stereocenters. The Balaban J connectivity index is 2.37. The largest absolute Gasteiger partial charge is 0.504 e. The first-order chi connectivity index (χ1) is 13.9. The van der Waals surface area contributed by atoms with Gasteiger partial charge in [-0.15, -0.1) is 11.8 Å². The lowest BCUT2D eigenvalue weighted by molar-refractivity contribution is 0.166. The van der Waals surface area contributed by atoms with Crippen LogP contribution in [0.1, 0.15) is 23.6 Å². The number of nitrogens with one attached hydrogen (secondary N) is 1. The summed E-state index contributed by atoms with van der Waals surface area (Å²) in [4.78, 5) is 25.2. The molecule has 0 aliphatic heterocycles. The molecule has 7 nitrogen and oxygen atoms in total. The number of aryl methyl sites for hydroxylation is 1. The molecule has 0 spiro atoms. The first kappa shape index (κ1) is 20.9. The lowest BCUT2D eigenvalue weighted by Crippen LogP contribution is -2.28. The average molecular weight is 417 g/mol. The SMILES string of the molecule is COC(=O)NC1CCc2cc(O)c(OC)c(OC)c2-c2ccc(SC)c(=O)cc21. The van der Waals surface area contributed by atoms with Gasteiger partial charge in [0.2, 0.25) is 5.75 Å². The first-order valence-corrected chi connectivity index (χ1v) is 10.2. The van der Waals surface area contributed by atoms with E-state index in [0.717, 1.165) is 16.7 Å². The van der Waals surface area contributed by atoms with E-state index in [1.807, 2.05) is 12.3 Å². The van der Waals surface area contributed by atoms with Gasteiger partial charge in [0.15, 0.2) is 16.9 Å². The van der Waals surface area contributed by atoms with Crippen LogP contribution >= 0.6 is 11.8 Å². The van der Waals surface area contributed by atoms with Gasteiger partial charge in [0.1, 0.15) is 0 Å². The number of phenolic OH excluding ortho intramolecular Hbond substituents is 1. The van der Waals surface area contributed by atoms with Crippen molar-refractivity contribution in [3.8, 4) is 28.4 Å². The molecule has 2 aromatic carbocycles. The van der Waals surface area contributed by atoms with E-state index in [-0.39, 0.29) is 16.9 Å². The van der Waals surface area contributed by atoms with Gasteiger partial charge in [0.25, 0.3) is 0 Å². The molecule has 154 valence electrons. The van der Waals surface area contributed by atoms with Crippen molar-refractivity contribution in [3.63, 3.8) is 0 Å². The van der Waals surface area contributed by atoms with Gasteiger partial charge in [-0.3, -0.25) is 4.79 Å². The maximum Gasteiger partial charge on any atom is 0.407 e. The lowest BCUT2D eigenvalue weighted by Gasteiger charge is -2.18. The van der Waals surface area contributed by atoms with Crippen LogP contribution in [0.2, 0.25) is 0 Å². The highest BCUT2D eigenvalue weighted by atomic mass is 32.2. The zero-order valence-electron chi connectivity index (χ0n) is 16.7. The molecule has 0 saturated heterocycles. The van der Waals surface area contributed by atoms with Gasteiger partial charge >= 0.3 is 6.09 Å². The van der Waals surface area contributed by atoms with Crippen molar-refractivity contribution < 1.29 is 24.1 Å². The van der Waals surface area contributed by atoms with Crippen LogP contribution in [0.15, 0.2) is 34.0 Å². The number of phenols is 1. The highest BCUT2D eigenvalue weighted by molar-refractivity contribution is 7.98. The number of hydrogen-bond donors (Lipinski definition) is 2. The van der Waals surface area contributed by atoms with Gasteiger partial charge in [-0.2, -0.15) is 0 Å². The molecule has 1 unspecified atom stereocenters. The Morgan fingerprint density at radius 2 is 1.90 bits per heavy atom. The third-order valence-electron chi connectivity index (χ3n) is 4.99. The van der Waals surface area contributed by atoms with E-state index in [0.29, 0.717) is 29.1 Å². The monoisotopic (exact) mass is 417 g/mol. The van der Waals surface area contributed by atoms with Crippen LogP contribution in [0.5, 0.6) is 17.2 Å². The van der Waals surface area contributed by atoms with Crippen LogP contribution in [-0.4, -0.2) is 38.8 Å². The standard InChI is InChI=1S/C21H23NO6S/c1-26-19-16(24)9-11-5-7-14(22-21(25)28-3)13-10-15(23)17(29-4)8-6-12(13)18(11)20(19)27-2/h6,8-10,14,24H,5,7H2,1-4H3,(H,22,25). The summed E-state index contributed by atoms with van der Waals surface area (Å²) in [6.45, 7) is 0. The molecule has 1 aliphatic carbocycles. The molecular formula is C21H23NO6S. The maximum atomic E-state index is 12.7. The smallest absolute Gasteiger partial charge is 0.407 e. The van der Waals surface area contributed by atoms with Gasteiger partial charge in [-0.1, -0.05) is 6.07 Å². The third kappa shape index (κ3) is 3.85. The van der Waals surface area contributed by atoms with Crippen LogP contribution in [0.3, 0.4) is 0 Å². The average Bonchev–Trinajstić information content (AvgIpc) is 2.96. The van der Waals surface area contributed by atoms with E-state index in [1.54, 1.807) is 18.2 Å². The quantitative estimate of drug-likeness (QED) is 0.735. The molecular weight excluding hydrogens is 394 g/mol. The Morgan fingerprint density at radius 3 is 2.52 bits per heavy atom. The predicted octanol–water partition coefficient (Wildman–Crippen LogP) is 3.50. The number of methoxy groups -OCH3 is 3. The fourth-order valence-electron chi connectivity index (χ4n) is 3.68. The Kier molecular flexibility index (Phi) is 6.22. The molecule has 3 rings (SSSR count). The highest BCUT2D eigenvalue weighted by Gasteiger charge is 2.29. The lowest BCUT2D eigenvalue weighted by atomic mass is 9.95. The first-order valence-electron chi connectivity index (χ1n) is 8.99. The van der Waals surface area contributed by atoms with Crippen LogP contribution < -0.4 is 20.2 Å². The number of carbonyl (C=O) groups is 1. The fraction of sp³-hybridized carbons (Fsp3) is 0.333. The number of thioether (sulfide) groups is 1. The number of benzene rings is 1. The number of hydrogen-bond acceptors (Lipinski definition) is 7. The Labute approximate surface area is 173 Å². The summed E-state index contributed by atoms with van der Waals surface area (Å²) >= 11 is 1.35. The summed E-state index contributed by atoms with van der Waals surface area (Å²) in [6.07, 6.45) is 2.31. The molecule has 2 N–H and O–H groups in total. The minimum absolute atomic E-state index is 0.0290. The normalized spacial score (nSPS) is 14.8. The molecule has 0 fully saturated rings. The van der Waals surface area contributed by atoms with Crippen LogP contribution in [0.4, 0.5) is 4.79 Å². The van der Waals surface area contributed by atoms with E-state index < -0.39 is 12.1 Å². The number of aromatic hydroxyl groups is 1. The van der Waals surface area contributed by atoms with Gasteiger partial charge in [-0.05, 0) is 54.0 Å². The van der Waals surface area contributed by atoms with Crippen molar-refractivity contribution in [1.29, 1.82) is 0 Å². The molecule has 0 heterocycles. The summed E-state index contributed by atoms with van der Waals surface area (Å²) in [7, 11) is 4.25. The number of rotatable bonds is 4. The number of alkyl carbamates (subject to hydrolysis) is 1. The Morgan fingerprint density at radius 1 is 1.17 bits per heavy atom. The highest BCUT2D eigenvalue weighted by Crippen LogP contribution is 2.49. The van der Waals surface area contributed by atoms with Crippen molar-refractivity contribution in [1.82, 2.24) is 5.32 Å². The summed E-state index contributed by atoms with van der Waals surface area (Å²) in [5.74, 6) is 0.570. The maximum absolute atomic E-state index is 12.7. The summed E-state index contributed by atoms with van der Waals surface area (Å²) in [5, 5.41) is 13.2. The molecule has 2 aromatic rings. The van der Waals surface area contributed by atoms with E-state index >= 15 is 0 Å². The van der Waals surface area contributed by atoms with Gasteiger partial charge in [0, 0.05) is 5.56 Å². The molecule has 0 aromatic heterocycles. The Bertz CT molecular complexity index is 1010. The minimum atomic E-state index is -0.580. The summed E-state index contributed by atoms with van der Waals surface area (Å²) in [6, 6.07) is 6.35. The molecule has 1 aliphatic rings. The van der Waals surface area contributed by atoms with E-state index in [9.17, 15) is 14.7 Å². The van der Waals surface area contributed by atoms with Crippen molar-refractivity contribution >= 4 is 17.9 Å². The molecule has 0 radical (unpaired) electrons. The third-order valence-corrected chi connectivity index (χ3v) is 5.77. The van der Waals surface area contributed by atoms with Crippen LogP contribution in [0, 0.1) is 0 Å². The van der Waals surface area contributed by atoms with Crippen molar-refractivity contribution in [2.45, 2.75) is 23.8 Å². The predicted molar refractivity (Wildman–Crippen MR) is 111 cm³/mol. The van der Waals surface area contributed by atoms with Gasteiger partial charge in [-0.25, -0.2) is 4.79 Å². The van der Waals surface area contributed by atoms with Crippen molar-refractivity contribution in [2.75, 3.05) is 27.6 Å². The second-order valence-electron chi connectivity index (χ2n) is 6.50. The van der Waals surface area contributed by atoms with E-state index in [2.05, 4.69) is 5.32 Å². The zero-order chi connectivity index (χ0) is 21.1. The fourth-order valence-corrected chi connectivity index (χ4v) is 4.15. The molecule has 0 saturated carbocycles. The molecule has 1 amide bonds. The van der Waals surface area contributed by atoms with E-state index in [1.165, 1.54) is 33.1 Å². The summed E-state index contributed by atoms with van der Waals surface area (Å²) in [5.41, 5.74) is 2.81.